The van der Waals surface area contributed by atoms with Crippen LogP contribution in [0, 0.1) is 0 Å². The average molecular weight is 325 g/mol. The normalized spacial score (nSPS) is 11.6. The molecular formula is C14H21BrN4. The van der Waals surface area contributed by atoms with E-state index in [0.717, 1.165) is 48.1 Å². The van der Waals surface area contributed by atoms with Crippen LogP contribution in [0.3, 0.4) is 0 Å². The summed E-state index contributed by atoms with van der Waals surface area (Å²) in [6.07, 6.45) is 1.09. The van der Waals surface area contributed by atoms with Crippen molar-refractivity contribution in [3.8, 4) is 0 Å². The van der Waals surface area contributed by atoms with Crippen LogP contribution in [0.15, 0.2) is 22.7 Å². The molecule has 0 aliphatic rings. The molecular weight excluding hydrogens is 304 g/mol. The van der Waals surface area contributed by atoms with Crippen LogP contribution in [0.1, 0.15) is 20.3 Å². The van der Waals surface area contributed by atoms with Crippen molar-refractivity contribution in [2.45, 2.75) is 26.8 Å². The summed E-state index contributed by atoms with van der Waals surface area (Å²) in [4.78, 5) is 6.83. The molecule has 2 N–H and O–H groups in total. The minimum Gasteiger partial charge on any atom is -0.369 e. The first kappa shape index (κ1) is 14.3. The Morgan fingerprint density at radius 3 is 2.74 bits per heavy atom. The predicted molar refractivity (Wildman–Crippen MR) is 84.3 cm³/mol. The van der Waals surface area contributed by atoms with Crippen LogP contribution >= 0.6 is 15.9 Å². The Morgan fingerprint density at radius 2 is 2.05 bits per heavy atom. The van der Waals surface area contributed by atoms with E-state index in [1.54, 1.807) is 0 Å². The summed E-state index contributed by atoms with van der Waals surface area (Å²) >= 11 is 3.46. The molecule has 0 amide bonds. The highest BCUT2D eigenvalue weighted by Gasteiger charge is 2.08. The first-order chi connectivity index (χ1) is 9.15. The number of aromatic nitrogens is 2. The van der Waals surface area contributed by atoms with E-state index >= 15 is 0 Å². The summed E-state index contributed by atoms with van der Waals surface area (Å²) in [5.41, 5.74) is 8.07. The molecule has 2 rings (SSSR count). The molecule has 0 saturated carbocycles. The van der Waals surface area contributed by atoms with E-state index in [1.807, 2.05) is 12.1 Å². The zero-order valence-corrected chi connectivity index (χ0v) is 13.2. The van der Waals surface area contributed by atoms with Crippen LogP contribution < -0.4 is 5.73 Å². The van der Waals surface area contributed by atoms with Gasteiger partial charge in [0.05, 0.1) is 11.0 Å². The highest BCUT2D eigenvalue weighted by molar-refractivity contribution is 9.10. The molecule has 104 valence electrons. The van der Waals surface area contributed by atoms with Gasteiger partial charge in [-0.1, -0.05) is 29.8 Å². The first-order valence-electron chi connectivity index (χ1n) is 6.79. The van der Waals surface area contributed by atoms with Crippen molar-refractivity contribution in [3.63, 3.8) is 0 Å². The van der Waals surface area contributed by atoms with Crippen LogP contribution in [0.5, 0.6) is 0 Å². The fraction of sp³-hybridized carbons (Fsp3) is 0.500. The van der Waals surface area contributed by atoms with E-state index in [2.05, 4.69) is 50.3 Å². The fourth-order valence-corrected chi connectivity index (χ4v) is 2.70. The molecule has 2 aromatic rings. The van der Waals surface area contributed by atoms with E-state index in [9.17, 15) is 0 Å². The number of hydrogen-bond donors (Lipinski definition) is 1. The SMILES string of the molecule is CCN(CC)CCCn1c(N)nc2cc(Br)ccc21. The summed E-state index contributed by atoms with van der Waals surface area (Å²) in [5, 5.41) is 0. The van der Waals surface area contributed by atoms with Gasteiger partial charge >= 0.3 is 0 Å². The molecule has 1 aromatic heterocycles. The van der Waals surface area contributed by atoms with Gasteiger partial charge < -0.3 is 15.2 Å². The summed E-state index contributed by atoms with van der Waals surface area (Å²) in [6, 6.07) is 6.11. The molecule has 0 spiro atoms. The average Bonchev–Trinajstić information content (AvgIpc) is 2.70. The number of aryl methyl sites for hydroxylation is 1. The second-order valence-corrected chi connectivity index (χ2v) is 5.55. The van der Waals surface area contributed by atoms with Gasteiger partial charge in [0.25, 0.3) is 0 Å². The molecule has 19 heavy (non-hydrogen) atoms. The second-order valence-electron chi connectivity index (χ2n) is 4.64. The molecule has 1 heterocycles. The smallest absolute Gasteiger partial charge is 0.201 e. The molecule has 4 nitrogen and oxygen atoms in total. The Labute approximate surface area is 122 Å². The maximum absolute atomic E-state index is 6.01. The lowest BCUT2D eigenvalue weighted by Gasteiger charge is -2.18. The van der Waals surface area contributed by atoms with Gasteiger partial charge in [0.1, 0.15) is 0 Å². The molecule has 1 aromatic carbocycles. The van der Waals surface area contributed by atoms with Crippen LogP contribution in [0.25, 0.3) is 11.0 Å². The zero-order valence-electron chi connectivity index (χ0n) is 11.6. The first-order valence-corrected chi connectivity index (χ1v) is 7.58. The van der Waals surface area contributed by atoms with Crippen molar-refractivity contribution in [1.29, 1.82) is 0 Å². The Balaban J connectivity index is 2.10. The Morgan fingerprint density at radius 1 is 1.32 bits per heavy atom. The van der Waals surface area contributed by atoms with Crippen LogP contribution in [-0.4, -0.2) is 34.1 Å². The number of rotatable bonds is 6. The van der Waals surface area contributed by atoms with Crippen molar-refractivity contribution >= 4 is 32.9 Å². The van der Waals surface area contributed by atoms with E-state index in [0.29, 0.717) is 5.95 Å². The number of fused-ring (bicyclic) bond motifs is 1. The Hall–Kier alpha value is -1.07. The lowest BCUT2D eigenvalue weighted by molar-refractivity contribution is 0.294. The number of imidazole rings is 1. The monoisotopic (exact) mass is 324 g/mol. The van der Waals surface area contributed by atoms with E-state index in [4.69, 9.17) is 5.73 Å². The lowest BCUT2D eigenvalue weighted by atomic mass is 10.3. The van der Waals surface area contributed by atoms with Gasteiger partial charge in [-0.3, -0.25) is 0 Å². The van der Waals surface area contributed by atoms with Gasteiger partial charge in [-0.2, -0.15) is 0 Å². The molecule has 0 atom stereocenters. The van der Waals surface area contributed by atoms with E-state index in [-0.39, 0.29) is 0 Å². The van der Waals surface area contributed by atoms with Crippen LogP contribution in [0.4, 0.5) is 5.95 Å². The summed E-state index contributed by atoms with van der Waals surface area (Å²) in [7, 11) is 0. The van der Waals surface area contributed by atoms with Gasteiger partial charge in [0.15, 0.2) is 0 Å². The second kappa shape index (κ2) is 6.39. The van der Waals surface area contributed by atoms with Gasteiger partial charge in [0.2, 0.25) is 5.95 Å². The highest BCUT2D eigenvalue weighted by Crippen LogP contribution is 2.22. The standard InChI is InChI=1S/C14H21BrN4/c1-3-18(4-2)8-5-9-19-13-7-6-11(15)10-12(13)17-14(19)16/h6-7,10H,3-5,8-9H2,1-2H3,(H2,16,17). The van der Waals surface area contributed by atoms with Gasteiger partial charge in [0, 0.05) is 11.0 Å². The third-order valence-electron chi connectivity index (χ3n) is 3.49. The summed E-state index contributed by atoms with van der Waals surface area (Å²) < 4.78 is 3.14. The van der Waals surface area contributed by atoms with Gasteiger partial charge in [-0.15, -0.1) is 0 Å². The molecule has 0 saturated heterocycles. The quantitative estimate of drug-likeness (QED) is 0.888. The van der Waals surface area contributed by atoms with Crippen molar-refractivity contribution in [2.75, 3.05) is 25.4 Å². The van der Waals surface area contributed by atoms with Crippen molar-refractivity contribution in [1.82, 2.24) is 14.5 Å². The molecule has 0 fully saturated rings. The largest absolute Gasteiger partial charge is 0.369 e. The maximum atomic E-state index is 6.01. The predicted octanol–water partition coefficient (Wildman–Crippen LogP) is 3.11. The molecule has 0 bridgehead atoms. The number of nitrogen functional groups attached to an aromatic ring is 1. The zero-order chi connectivity index (χ0) is 13.8. The Bertz CT molecular complexity index is 546. The van der Waals surface area contributed by atoms with Crippen LogP contribution in [0.2, 0.25) is 0 Å². The topological polar surface area (TPSA) is 47.1 Å². The third kappa shape index (κ3) is 3.28. The van der Waals surface area contributed by atoms with E-state index in [1.165, 1.54) is 0 Å². The molecule has 0 unspecified atom stereocenters. The minimum atomic E-state index is 0.604. The van der Waals surface area contributed by atoms with Crippen LogP contribution in [-0.2, 0) is 6.54 Å². The molecule has 0 aliphatic carbocycles. The molecule has 0 radical (unpaired) electrons. The maximum Gasteiger partial charge on any atom is 0.201 e. The number of nitrogens with zero attached hydrogens (tertiary/aromatic N) is 3. The molecule has 5 heteroatoms. The number of halogens is 1. The fourth-order valence-electron chi connectivity index (χ4n) is 2.35. The van der Waals surface area contributed by atoms with Gasteiger partial charge in [-0.25, -0.2) is 4.98 Å². The number of benzene rings is 1. The lowest BCUT2D eigenvalue weighted by Crippen LogP contribution is -2.25. The van der Waals surface area contributed by atoms with Gasteiger partial charge in [-0.05, 0) is 44.3 Å². The highest BCUT2D eigenvalue weighted by atomic mass is 79.9. The van der Waals surface area contributed by atoms with E-state index < -0.39 is 0 Å². The Kier molecular flexibility index (Phi) is 4.82. The third-order valence-corrected chi connectivity index (χ3v) is 3.98. The van der Waals surface area contributed by atoms with Crippen molar-refractivity contribution in [3.05, 3.63) is 22.7 Å². The number of hydrogen-bond acceptors (Lipinski definition) is 3. The minimum absolute atomic E-state index is 0.604. The molecule has 0 aliphatic heterocycles. The number of anilines is 1. The summed E-state index contributed by atoms with van der Waals surface area (Å²) in [6.45, 7) is 8.61. The van der Waals surface area contributed by atoms with Crippen molar-refractivity contribution in [2.24, 2.45) is 0 Å². The number of nitrogens with two attached hydrogens (primary N) is 1. The summed E-state index contributed by atoms with van der Waals surface area (Å²) in [5.74, 6) is 0.604. The van der Waals surface area contributed by atoms with Crippen molar-refractivity contribution < 1.29 is 0 Å².